The molecule has 0 aliphatic heterocycles. The zero-order chi connectivity index (χ0) is 20.6. The van der Waals surface area contributed by atoms with Gasteiger partial charge in [-0.15, -0.1) is 0 Å². The number of carbonyl (C=O) groups is 3. The highest BCUT2D eigenvalue weighted by Crippen LogP contribution is 2.70. The summed E-state index contributed by atoms with van der Waals surface area (Å²) in [6, 6.07) is 0. The van der Waals surface area contributed by atoms with E-state index < -0.39 is 52.7 Å². The molecule has 4 rings (SSSR count). The second-order valence-electron chi connectivity index (χ2n) is 9.60. The lowest BCUT2D eigenvalue weighted by molar-refractivity contribution is -0.165. The van der Waals surface area contributed by atoms with Gasteiger partial charge in [-0.3, -0.25) is 14.4 Å². The van der Waals surface area contributed by atoms with Gasteiger partial charge in [0.2, 0.25) is 11.6 Å². The minimum absolute atomic E-state index is 0.0625. The van der Waals surface area contributed by atoms with E-state index in [4.69, 9.17) is 0 Å². The van der Waals surface area contributed by atoms with Crippen LogP contribution >= 0.6 is 0 Å². The van der Waals surface area contributed by atoms with Crippen molar-refractivity contribution in [2.75, 3.05) is 6.61 Å². The number of hydrogen-bond acceptors (Lipinski definition) is 4. The van der Waals surface area contributed by atoms with Gasteiger partial charge in [0.15, 0.2) is 5.78 Å². The van der Waals surface area contributed by atoms with Gasteiger partial charge in [-0.1, -0.05) is 26.0 Å². The van der Waals surface area contributed by atoms with Gasteiger partial charge in [0.05, 0.1) is 0 Å². The maximum atomic E-state index is 16.7. The first-order chi connectivity index (χ1) is 13.0. The number of fused-ring (bicyclic) bond motifs is 5. The van der Waals surface area contributed by atoms with Crippen molar-refractivity contribution in [2.24, 2.45) is 28.6 Å². The normalized spacial score (nSPS) is 47.9. The SMILES string of the molecule is C=C1C[C@H]2[C@@H]3CC(F)C4=CC(=O)C(=O)C[C@]4(C)[C@@]3(F)CC[C@]2(C)[C@H]1C(=O)CO. The van der Waals surface area contributed by atoms with Crippen LogP contribution in [-0.2, 0) is 14.4 Å². The predicted octanol–water partition coefficient (Wildman–Crippen LogP) is 3.08. The summed E-state index contributed by atoms with van der Waals surface area (Å²) in [7, 11) is 0. The average Bonchev–Trinajstić information content (AvgIpc) is 2.90. The lowest BCUT2D eigenvalue weighted by atomic mass is 9.44. The fourth-order valence-corrected chi connectivity index (χ4v) is 6.99. The lowest BCUT2D eigenvalue weighted by Crippen LogP contribution is -2.63. The predicted molar refractivity (Wildman–Crippen MR) is 97.8 cm³/mol. The van der Waals surface area contributed by atoms with Crippen LogP contribution < -0.4 is 0 Å². The van der Waals surface area contributed by atoms with E-state index in [1.165, 1.54) is 0 Å². The molecule has 152 valence electrons. The highest BCUT2D eigenvalue weighted by molar-refractivity contribution is 6.42. The van der Waals surface area contributed by atoms with Gasteiger partial charge in [-0.2, -0.15) is 0 Å². The van der Waals surface area contributed by atoms with E-state index in [1.54, 1.807) is 6.92 Å². The van der Waals surface area contributed by atoms with E-state index in [1.807, 2.05) is 6.92 Å². The van der Waals surface area contributed by atoms with Crippen LogP contribution in [0.25, 0.3) is 0 Å². The molecule has 0 saturated heterocycles. The molecule has 0 aromatic heterocycles. The van der Waals surface area contributed by atoms with Crippen molar-refractivity contribution < 1.29 is 28.3 Å². The molecule has 0 bridgehead atoms. The highest BCUT2D eigenvalue weighted by Gasteiger charge is 2.70. The Balaban J connectivity index is 1.80. The standard InChI is InChI=1S/C22H26F2O4/c1-11-6-12-13-7-15(23)14-8-16(26)17(27)9-21(14,3)22(13,24)5-4-20(12,2)19(11)18(28)10-25/h8,12-13,15,19,25H,1,4-7,9-10H2,2-3H3/t12-,13-,15?,19+,20-,21-,22+/m0/s1. The number of carbonyl (C=O) groups excluding carboxylic acids is 3. The smallest absolute Gasteiger partial charge is 0.221 e. The molecule has 0 aromatic carbocycles. The summed E-state index contributed by atoms with van der Waals surface area (Å²) in [6.07, 6.45) is 0.0589. The zero-order valence-electron chi connectivity index (χ0n) is 16.3. The minimum atomic E-state index is -1.82. The van der Waals surface area contributed by atoms with Gasteiger partial charge in [0.1, 0.15) is 18.4 Å². The molecule has 3 fully saturated rings. The molecule has 4 aliphatic rings. The minimum Gasteiger partial charge on any atom is -0.389 e. The third-order valence-corrected chi connectivity index (χ3v) is 8.40. The molecule has 0 spiro atoms. The van der Waals surface area contributed by atoms with Gasteiger partial charge in [0, 0.05) is 23.7 Å². The van der Waals surface area contributed by atoms with Crippen LogP contribution in [0.4, 0.5) is 8.78 Å². The van der Waals surface area contributed by atoms with E-state index >= 15 is 8.78 Å². The molecule has 0 radical (unpaired) electrons. The van der Waals surface area contributed by atoms with Crippen LogP contribution in [0.1, 0.15) is 46.0 Å². The lowest BCUT2D eigenvalue weighted by Gasteiger charge is -2.61. The van der Waals surface area contributed by atoms with Crippen LogP contribution in [0.2, 0.25) is 0 Å². The zero-order valence-corrected chi connectivity index (χ0v) is 16.3. The second kappa shape index (κ2) is 5.91. The molecule has 0 aromatic rings. The first-order valence-corrected chi connectivity index (χ1v) is 9.93. The van der Waals surface area contributed by atoms with Crippen molar-refractivity contribution in [3.05, 3.63) is 23.8 Å². The third kappa shape index (κ3) is 2.21. The molecule has 1 unspecified atom stereocenters. The Morgan fingerprint density at radius 2 is 1.96 bits per heavy atom. The Labute approximate surface area is 163 Å². The van der Waals surface area contributed by atoms with Gasteiger partial charge in [-0.05, 0) is 48.7 Å². The largest absolute Gasteiger partial charge is 0.389 e. The maximum Gasteiger partial charge on any atom is 0.221 e. The highest BCUT2D eigenvalue weighted by atomic mass is 19.1. The Morgan fingerprint density at radius 3 is 2.61 bits per heavy atom. The second-order valence-corrected chi connectivity index (χ2v) is 9.60. The molecule has 0 amide bonds. The van der Waals surface area contributed by atoms with E-state index in [9.17, 15) is 19.5 Å². The monoisotopic (exact) mass is 392 g/mol. The summed E-state index contributed by atoms with van der Waals surface area (Å²) in [4.78, 5) is 36.4. The summed E-state index contributed by atoms with van der Waals surface area (Å²) >= 11 is 0. The topological polar surface area (TPSA) is 71.4 Å². The van der Waals surface area contributed by atoms with Crippen molar-refractivity contribution in [3.8, 4) is 0 Å². The molecule has 3 saturated carbocycles. The number of alkyl halides is 2. The fourth-order valence-electron chi connectivity index (χ4n) is 6.99. The van der Waals surface area contributed by atoms with Gasteiger partial charge in [0.25, 0.3) is 0 Å². The van der Waals surface area contributed by atoms with Gasteiger partial charge >= 0.3 is 0 Å². The number of rotatable bonds is 2. The Morgan fingerprint density at radius 1 is 1.29 bits per heavy atom. The molecule has 1 N–H and O–H groups in total. The molecule has 7 atom stereocenters. The molecule has 6 heteroatoms. The first kappa shape index (κ1) is 19.6. The molecule has 0 heterocycles. The Kier molecular flexibility index (Phi) is 4.14. The summed E-state index contributed by atoms with van der Waals surface area (Å²) in [6.45, 7) is 6.92. The Hall–Kier alpha value is -1.69. The summed E-state index contributed by atoms with van der Waals surface area (Å²) < 4.78 is 31.9. The van der Waals surface area contributed by atoms with E-state index in [2.05, 4.69) is 6.58 Å². The van der Waals surface area contributed by atoms with E-state index in [0.29, 0.717) is 18.4 Å². The van der Waals surface area contributed by atoms with E-state index in [-0.39, 0.29) is 36.5 Å². The summed E-state index contributed by atoms with van der Waals surface area (Å²) in [5, 5.41) is 9.39. The van der Waals surface area contributed by atoms with Crippen molar-refractivity contribution in [1.29, 1.82) is 0 Å². The number of allylic oxidation sites excluding steroid dienone is 2. The number of hydrogen-bond donors (Lipinski definition) is 1. The summed E-state index contributed by atoms with van der Waals surface area (Å²) in [5.74, 6) is -3.25. The van der Waals surface area contributed by atoms with Crippen molar-refractivity contribution in [1.82, 2.24) is 0 Å². The molecular formula is C22H26F2O4. The number of aliphatic hydroxyl groups is 1. The van der Waals surface area contributed by atoms with Crippen LogP contribution in [0, 0.1) is 28.6 Å². The van der Waals surface area contributed by atoms with Crippen molar-refractivity contribution >= 4 is 17.3 Å². The van der Waals surface area contributed by atoms with Crippen LogP contribution in [0.15, 0.2) is 23.8 Å². The number of halogens is 2. The number of aliphatic hydroxyl groups excluding tert-OH is 1. The molecular weight excluding hydrogens is 366 g/mol. The van der Waals surface area contributed by atoms with E-state index in [0.717, 1.165) is 6.08 Å². The number of Topliss-reactive ketones (excluding diaryl/α,β-unsaturated/α-hetero) is 2. The average molecular weight is 392 g/mol. The van der Waals surface area contributed by atoms with Crippen LogP contribution in [0.3, 0.4) is 0 Å². The quantitative estimate of drug-likeness (QED) is 0.579. The maximum absolute atomic E-state index is 16.7. The Bertz CT molecular complexity index is 832. The number of ketones is 3. The molecule has 28 heavy (non-hydrogen) atoms. The van der Waals surface area contributed by atoms with Crippen LogP contribution in [0.5, 0.6) is 0 Å². The van der Waals surface area contributed by atoms with Crippen molar-refractivity contribution in [2.45, 2.75) is 57.8 Å². The fraction of sp³-hybridized carbons (Fsp3) is 0.682. The molecule has 4 aliphatic carbocycles. The molecule has 4 nitrogen and oxygen atoms in total. The third-order valence-electron chi connectivity index (χ3n) is 8.40. The summed E-state index contributed by atoms with van der Waals surface area (Å²) in [5.41, 5.74) is -2.96. The van der Waals surface area contributed by atoms with Gasteiger partial charge < -0.3 is 5.11 Å². The van der Waals surface area contributed by atoms with Crippen LogP contribution in [-0.4, -0.2) is 40.9 Å². The van der Waals surface area contributed by atoms with Gasteiger partial charge in [-0.25, -0.2) is 8.78 Å². The first-order valence-electron chi connectivity index (χ1n) is 9.93. The van der Waals surface area contributed by atoms with Crippen molar-refractivity contribution in [3.63, 3.8) is 0 Å².